The smallest absolute Gasteiger partial charge is 0.0898 e. The van der Waals surface area contributed by atoms with Gasteiger partial charge in [0.05, 0.1) is 7.14 Å². The van der Waals surface area contributed by atoms with Gasteiger partial charge in [0, 0.05) is 5.66 Å². The summed E-state index contributed by atoms with van der Waals surface area (Å²) in [5.41, 5.74) is 0.453. The Bertz CT molecular complexity index is 169. The van der Waals surface area contributed by atoms with Crippen LogP contribution in [0.1, 0.15) is 59.8 Å². The maximum Gasteiger partial charge on any atom is 0.0898 e. The molecule has 86 valence electrons. The molecule has 0 fully saturated rings. The number of hydrogen-bond donors (Lipinski definition) is 0. The molecule has 0 aromatic rings. The van der Waals surface area contributed by atoms with Gasteiger partial charge in [-0.1, -0.05) is 53.4 Å². The first-order valence-electron chi connectivity index (χ1n) is 6.18. The van der Waals surface area contributed by atoms with Crippen LogP contribution in [0.25, 0.3) is 0 Å². The van der Waals surface area contributed by atoms with Crippen LogP contribution in [0.4, 0.5) is 0 Å². The van der Waals surface area contributed by atoms with Crippen LogP contribution in [-0.2, 0) is 4.57 Å². The lowest BCUT2D eigenvalue weighted by Crippen LogP contribution is -2.07. The second kappa shape index (κ2) is 7.51. The Morgan fingerprint density at radius 2 is 1.57 bits per heavy atom. The molecule has 14 heavy (non-hydrogen) atoms. The van der Waals surface area contributed by atoms with E-state index in [1.54, 1.807) is 0 Å². The number of rotatable bonds is 8. The molecule has 0 aromatic heterocycles. The van der Waals surface area contributed by atoms with Gasteiger partial charge in [-0.2, -0.15) is 0 Å². The van der Waals surface area contributed by atoms with Gasteiger partial charge in [0.25, 0.3) is 0 Å². The van der Waals surface area contributed by atoms with Crippen molar-refractivity contribution in [2.24, 2.45) is 0 Å². The van der Waals surface area contributed by atoms with Crippen molar-refractivity contribution in [2.75, 3.05) is 12.3 Å². The van der Waals surface area contributed by atoms with Gasteiger partial charge in [0.2, 0.25) is 0 Å². The molecule has 0 aliphatic heterocycles. The molecule has 1 unspecified atom stereocenters. The normalized spacial score (nSPS) is 14.3. The molecule has 0 amide bonds. The molecule has 0 N–H and O–H groups in total. The maximum atomic E-state index is 12.3. The summed E-state index contributed by atoms with van der Waals surface area (Å²) in [6, 6.07) is 0. The highest BCUT2D eigenvalue weighted by Crippen LogP contribution is 2.51. The molecule has 0 heterocycles. The summed E-state index contributed by atoms with van der Waals surface area (Å²) in [7, 11) is -1.82. The van der Waals surface area contributed by atoms with E-state index in [0.29, 0.717) is 5.66 Å². The largest absolute Gasteiger partial charge is 0.323 e. The van der Waals surface area contributed by atoms with E-state index >= 15 is 0 Å². The van der Waals surface area contributed by atoms with Crippen LogP contribution in [0.2, 0.25) is 0 Å². The van der Waals surface area contributed by atoms with Crippen molar-refractivity contribution in [3.8, 4) is 0 Å². The molecule has 0 aliphatic rings. The Balaban J connectivity index is 3.82. The van der Waals surface area contributed by atoms with Gasteiger partial charge in [0.1, 0.15) is 0 Å². The fraction of sp³-hybridized carbons (Fsp3) is 1.00. The first-order chi connectivity index (χ1) is 6.60. The zero-order valence-corrected chi connectivity index (χ0v) is 11.3. The second-order valence-corrected chi connectivity index (χ2v) is 8.33. The number of unbranched alkanes of at least 4 members (excludes halogenated alkanes) is 3. The van der Waals surface area contributed by atoms with E-state index < -0.39 is 7.14 Å². The molecule has 0 aromatic carbocycles. The highest BCUT2D eigenvalue weighted by Gasteiger charge is 2.24. The maximum absolute atomic E-state index is 12.3. The van der Waals surface area contributed by atoms with Gasteiger partial charge in [0.15, 0.2) is 0 Å². The highest BCUT2D eigenvalue weighted by atomic mass is 31.2. The average molecular weight is 218 g/mol. The van der Waals surface area contributed by atoms with Gasteiger partial charge in [-0.3, -0.25) is 0 Å². The van der Waals surface area contributed by atoms with Gasteiger partial charge in [-0.15, -0.1) is 0 Å². The van der Waals surface area contributed by atoms with Crippen molar-refractivity contribution in [1.29, 1.82) is 0 Å². The van der Waals surface area contributed by atoms with E-state index in [1.807, 2.05) is 0 Å². The first kappa shape index (κ1) is 14.2. The van der Waals surface area contributed by atoms with E-state index in [4.69, 9.17) is 0 Å². The molecule has 0 rings (SSSR count). The fourth-order valence-corrected chi connectivity index (χ4v) is 4.30. The van der Waals surface area contributed by atoms with Gasteiger partial charge >= 0.3 is 0 Å². The van der Waals surface area contributed by atoms with Gasteiger partial charge in [-0.25, -0.2) is 0 Å². The average Bonchev–Trinajstić information content (AvgIpc) is 2.22. The molecule has 2 heteroatoms. The summed E-state index contributed by atoms with van der Waals surface area (Å²) in [4.78, 5) is 0. The molecule has 0 bridgehead atoms. The van der Waals surface area contributed by atoms with E-state index in [2.05, 4.69) is 27.7 Å². The van der Waals surface area contributed by atoms with E-state index in [1.165, 1.54) is 32.1 Å². The second-order valence-electron chi connectivity index (χ2n) is 4.28. The predicted molar refractivity (Wildman–Crippen MR) is 66.9 cm³/mol. The van der Waals surface area contributed by atoms with E-state index in [-0.39, 0.29) is 0 Å². The quantitative estimate of drug-likeness (QED) is 0.424. The minimum absolute atomic E-state index is 0.453. The van der Waals surface area contributed by atoms with Crippen molar-refractivity contribution in [3.63, 3.8) is 0 Å². The fourth-order valence-electron chi connectivity index (χ4n) is 1.95. The molecule has 0 radical (unpaired) electrons. The molecule has 0 aliphatic carbocycles. The van der Waals surface area contributed by atoms with Crippen molar-refractivity contribution >= 4 is 7.14 Å². The topological polar surface area (TPSA) is 17.1 Å². The number of hydrogen-bond acceptors (Lipinski definition) is 1. The monoisotopic (exact) mass is 218 g/mol. The lowest BCUT2D eigenvalue weighted by molar-refractivity contribution is 0.553. The SMILES string of the molecule is CCCCCCC(C)P(=O)(CC)CC. The Hall–Kier alpha value is 0.230. The van der Waals surface area contributed by atoms with Crippen molar-refractivity contribution in [3.05, 3.63) is 0 Å². The lowest BCUT2D eigenvalue weighted by atomic mass is 10.1. The summed E-state index contributed by atoms with van der Waals surface area (Å²) in [6.07, 6.45) is 8.13. The summed E-state index contributed by atoms with van der Waals surface area (Å²) in [5, 5.41) is 0. The van der Waals surface area contributed by atoms with Crippen molar-refractivity contribution in [1.82, 2.24) is 0 Å². The minimum atomic E-state index is -1.82. The summed E-state index contributed by atoms with van der Waals surface area (Å²) < 4.78 is 12.3. The molecule has 0 saturated heterocycles. The summed E-state index contributed by atoms with van der Waals surface area (Å²) >= 11 is 0. The van der Waals surface area contributed by atoms with Crippen molar-refractivity contribution < 1.29 is 4.57 Å². The van der Waals surface area contributed by atoms with Crippen molar-refractivity contribution in [2.45, 2.75) is 65.5 Å². The van der Waals surface area contributed by atoms with Crippen LogP contribution >= 0.6 is 7.14 Å². The zero-order chi connectivity index (χ0) is 11.0. The van der Waals surface area contributed by atoms with Crippen LogP contribution in [-0.4, -0.2) is 18.0 Å². The lowest BCUT2D eigenvalue weighted by Gasteiger charge is -2.22. The van der Waals surface area contributed by atoms with Crippen LogP contribution < -0.4 is 0 Å². The van der Waals surface area contributed by atoms with E-state index in [9.17, 15) is 4.57 Å². The van der Waals surface area contributed by atoms with Crippen LogP contribution in [0.5, 0.6) is 0 Å². The molecule has 1 atom stereocenters. The molecular formula is C12H27OP. The predicted octanol–water partition coefficient (Wildman–Crippen LogP) is 4.75. The molecule has 1 nitrogen and oxygen atoms in total. The summed E-state index contributed by atoms with van der Waals surface area (Å²) in [6.45, 7) is 8.56. The van der Waals surface area contributed by atoms with Gasteiger partial charge in [-0.05, 0) is 18.7 Å². The third-order valence-electron chi connectivity index (χ3n) is 3.35. The van der Waals surface area contributed by atoms with E-state index in [0.717, 1.165) is 12.3 Å². The highest BCUT2D eigenvalue weighted by molar-refractivity contribution is 7.64. The molecule has 0 spiro atoms. The molecule has 0 saturated carbocycles. The standard InChI is InChI=1S/C12H27OP/c1-5-8-9-10-11-12(4)14(13,6-2)7-3/h12H,5-11H2,1-4H3. The van der Waals surface area contributed by atoms with Crippen LogP contribution in [0.15, 0.2) is 0 Å². The Labute approximate surface area is 90.0 Å². The van der Waals surface area contributed by atoms with Crippen LogP contribution in [0, 0.1) is 0 Å². The Morgan fingerprint density at radius 1 is 1.00 bits per heavy atom. The summed E-state index contributed by atoms with van der Waals surface area (Å²) in [5.74, 6) is 0. The van der Waals surface area contributed by atoms with Crippen LogP contribution in [0.3, 0.4) is 0 Å². The Morgan fingerprint density at radius 3 is 2.00 bits per heavy atom. The Kier molecular flexibility index (Phi) is 7.64. The minimum Gasteiger partial charge on any atom is -0.323 e. The first-order valence-corrected chi connectivity index (χ1v) is 8.33. The molecular weight excluding hydrogens is 191 g/mol. The zero-order valence-electron chi connectivity index (χ0n) is 10.4. The van der Waals surface area contributed by atoms with Gasteiger partial charge < -0.3 is 4.57 Å². The third-order valence-corrected chi connectivity index (χ3v) is 7.36. The third kappa shape index (κ3) is 4.64.